The van der Waals surface area contributed by atoms with Crippen LogP contribution in [0.1, 0.15) is 19.3 Å². The number of likely N-dealkylation sites (tertiary alicyclic amines) is 1. The van der Waals surface area contributed by atoms with E-state index >= 15 is 0 Å². The van der Waals surface area contributed by atoms with Gasteiger partial charge >= 0.3 is 6.03 Å². The standard InChI is InChI=1S/C9H19N3O2/c10-8-4-7(2-1-3-13)5-12(6-8)9(11)14/h7-8,13H,1-6,10H2,(H2,11,14). The fraction of sp³-hybridized carbons (Fsp3) is 0.889. The maximum Gasteiger partial charge on any atom is 0.314 e. The Bertz CT molecular complexity index is 198. The fourth-order valence-electron chi connectivity index (χ4n) is 2.02. The molecule has 0 aromatic heterocycles. The summed E-state index contributed by atoms with van der Waals surface area (Å²) in [5.74, 6) is 0.387. The number of amides is 2. The van der Waals surface area contributed by atoms with Gasteiger partial charge in [-0.05, 0) is 25.2 Å². The Kier molecular flexibility index (Phi) is 4.16. The molecule has 2 amide bonds. The lowest BCUT2D eigenvalue weighted by molar-refractivity contribution is 0.154. The topological polar surface area (TPSA) is 92.6 Å². The van der Waals surface area contributed by atoms with Crippen molar-refractivity contribution in [1.82, 2.24) is 4.90 Å². The molecular weight excluding hydrogens is 182 g/mol. The number of carbonyl (C=O) groups is 1. The maximum atomic E-state index is 11.0. The zero-order valence-electron chi connectivity index (χ0n) is 8.35. The van der Waals surface area contributed by atoms with Gasteiger partial charge in [-0.3, -0.25) is 0 Å². The number of hydrogen-bond acceptors (Lipinski definition) is 3. The Morgan fingerprint density at radius 2 is 2.21 bits per heavy atom. The molecular formula is C9H19N3O2. The molecule has 1 aliphatic rings. The van der Waals surface area contributed by atoms with Crippen LogP contribution in [0.5, 0.6) is 0 Å². The zero-order chi connectivity index (χ0) is 10.6. The van der Waals surface area contributed by atoms with Gasteiger partial charge in [0.1, 0.15) is 0 Å². The van der Waals surface area contributed by atoms with E-state index < -0.39 is 6.03 Å². The minimum Gasteiger partial charge on any atom is -0.396 e. The number of aliphatic hydroxyl groups is 1. The molecule has 5 nitrogen and oxygen atoms in total. The number of nitrogens with zero attached hydrogens (tertiary/aromatic N) is 1. The quantitative estimate of drug-likeness (QED) is 0.574. The zero-order valence-corrected chi connectivity index (χ0v) is 8.35. The number of nitrogens with two attached hydrogens (primary N) is 2. The first-order valence-corrected chi connectivity index (χ1v) is 5.04. The van der Waals surface area contributed by atoms with E-state index in [1.807, 2.05) is 0 Å². The Morgan fingerprint density at radius 3 is 2.79 bits per heavy atom. The normalized spacial score (nSPS) is 27.7. The summed E-state index contributed by atoms with van der Waals surface area (Å²) in [6, 6.07) is -0.367. The van der Waals surface area contributed by atoms with Crippen molar-refractivity contribution in [1.29, 1.82) is 0 Å². The van der Waals surface area contributed by atoms with Crippen LogP contribution in [-0.4, -0.2) is 41.8 Å². The summed E-state index contributed by atoms with van der Waals surface area (Å²) in [6.45, 7) is 1.44. The minimum atomic E-state index is -0.394. The molecule has 14 heavy (non-hydrogen) atoms. The third-order valence-electron chi connectivity index (χ3n) is 2.65. The van der Waals surface area contributed by atoms with Crippen molar-refractivity contribution in [2.24, 2.45) is 17.4 Å². The molecule has 0 saturated carbocycles. The van der Waals surface area contributed by atoms with Gasteiger partial charge in [-0.2, -0.15) is 0 Å². The summed E-state index contributed by atoms with van der Waals surface area (Å²) in [6.07, 6.45) is 2.60. The lowest BCUT2D eigenvalue weighted by Crippen LogP contribution is -2.51. The highest BCUT2D eigenvalue weighted by molar-refractivity contribution is 5.72. The molecule has 0 aromatic carbocycles. The number of carbonyl (C=O) groups excluding carboxylic acids is 1. The van der Waals surface area contributed by atoms with Crippen LogP contribution < -0.4 is 11.5 Å². The SMILES string of the molecule is NC(=O)N1CC(N)CC(CCCO)C1. The van der Waals surface area contributed by atoms with E-state index in [1.165, 1.54) is 0 Å². The lowest BCUT2D eigenvalue weighted by Gasteiger charge is -2.35. The molecule has 0 bridgehead atoms. The molecule has 1 aliphatic heterocycles. The van der Waals surface area contributed by atoms with E-state index in [1.54, 1.807) is 4.90 Å². The van der Waals surface area contributed by atoms with Crippen molar-refractivity contribution in [3.05, 3.63) is 0 Å². The third kappa shape index (κ3) is 3.16. The highest BCUT2D eigenvalue weighted by atomic mass is 16.2. The Balaban J connectivity index is 2.41. The van der Waals surface area contributed by atoms with Crippen LogP contribution in [0.3, 0.4) is 0 Å². The maximum absolute atomic E-state index is 11.0. The highest BCUT2D eigenvalue weighted by Gasteiger charge is 2.26. The molecule has 82 valence electrons. The van der Waals surface area contributed by atoms with Gasteiger partial charge in [-0.1, -0.05) is 0 Å². The smallest absolute Gasteiger partial charge is 0.314 e. The van der Waals surface area contributed by atoms with Crippen LogP contribution in [0, 0.1) is 5.92 Å². The van der Waals surface area contributed by atoms with Crippen LogP contribution in [0.25, 0.3) is 0 Å². The van der Waals surface area contributed by atoms with Gasteiger partial charge in [0.15, 0.2) is 0 Å². The molecule has 5 N–H and O–H groups in total. The number of aliphatic hydroxyl groups excluding tert-OH is 1. The highest BCUT2D eigenvalue weighted by Crippen LogP contribution is 2.19. The van der Waals surface area contributed by atoms with Crippen molar-refractivity contribution >= 4 is 6.03 Å². The van der Waals surface area contributed by atoms with E-state index in [2.05, 4.69) is 0 Å². The summed E-state index contributed by atoms with van der Waals surface area (Å²) in [4.78, 5) is 12.6. The summed E-state index contributed by atoms with van der Waals surface area (Å²) in [5, 5.41) is 8.70. The number of primary amides is 1. The minimum absolute atomic E-state index is 0.0277. The molecule has 0 radical (unpaired) electrons. The molecule has 2 atom stereocenters. The van der Waals surface area contributed by atoms with Crippen LogP contribution in [0.4, 0.5) is 4.79 Å². The van der Waals surface area contributed by atoms with Crippen molar-refractivity contribution in [3.63, 3.8) is 0 Å². The second kappa shape index (κ2) is 5.17. The van der Waals surface area contributed by atoms with Crippen molar-refractivity contribution in [2.75, 3.05) is 19.7 Å². The number of urea groups is 1. The fourth-order valence-corrected chi connectivity index (χ4v) is 2.02. The van der Waals surface area contributed by atoms with Crippen molar-refractivity contribution in [3.8, 4) is 0 Å². The summed E-state index contributed by atoms with van der Waals surface area (Å²) >= 11 is 0. The largest absolute Gasteiger partial charge is 0.396 e. The monoisotopic (exact) mass is 201 g/mol. The first-order valence-electron chi connectivity index (χ1n) is 5.04. The van der Waals surface area contributed by atoms with Crippen LogP contribution >= 0.6 is 0 Å². The Morgan fingerprint density at radius 1 is 1.50 bits per heavy atom. The van der Waals surface area contributed by atoms with Crippen molar-refractivity contribution < 1.29 is 9.90 Å². The Labute approximate surface area is 84.0 Å². The molecule has 5 heteroatoms. The van der Waals surface area contributed by atoms with E-state index in [9.17, 15) is 4.79 Å². The predicted octanol–water partition coefficient (Wildman–Crippen LogP) is -0.513. The lowest BCUT2D eigenvalue weighted by atomic mass is 9.91. The van der Waals surface area contributed by atoms with E-state index in [0.29, 0.717) is 19.0 Å². The van der Waals surface area contributed by atoms with Gasteiger partial charge in [0.2, 0.25) is 0 Å². The molecule has 1 saturated heterocycles. The summed E-state index contributed by atoms with van der Waals surface area (Å²) in [5.41, 5.74) is 11.0. The van der Waals surface area contributed by atoms with Crippen LogP contribution in [0.15, 0.2) is 0 Å². The average Bonchev–Trinajstić information content (AvgIpc) is 2.14. The van der Waals surface area contributed by atoms with E-state index in [0.717, 1.165) is 19.3 Å². The van der Waals surface area contributed by atoms with Gasteiger partial charge < -0.3 is 21.5 Å². The first-order chi connectivity index (χ1) is 6.63. The second-order valence-electron chi connectivity index (χ2n) is 3.97. The van der Waals surface area contributed by atoms with Crippen LogP contribution in [0.2, 0.25) is 0 Å². The Hall–Kier alpha value is -0.810. The van der Waals surface area contributed by atoms with E-state index in [-0.39, 0.29) is 12.6 Å². The summed E-state index contributed by atoms with van der Waals surface area (Å²) < 4.78 is 0. The van der Waals surface area contributed by atoms with Gasteiger partial charge in [-0.25, -0.2) is 4.79 Å². The molecule has 0 aliphatic carbocycles. The second-order valence-corrected chi connectivity index (χ2v) is 3.97. The number of hydrogen-bond donors (Lipinski definition) is 3. The van der Waals surface area contributed by atoms with Crippen molar-refractivity contribution in [2.45, 2.75) is 25.3 Å². The summed E-state index contributed by atoms with van der Waals surface area (Å²) in [7, 11) is 0. The van der Waals surface area contributed by atoms with Gasteiger partial charge in [0, 0.05) is 25.7 Å². The molecule has 1 fully saturated rings. The van der Waals surface area contributed by atoms with E-state index in [4.69, 9.17) is 16.6 Å². The number of piperidine rings is 1. The van der Waals surface area contributed by atoms with Gasteiger partial charge in [0.25, 0.3) is 0 Å². The van der Waals surface area contributed by atoms with Gasteiger partial charge in [-0.15, -0.1) is 0 Å². The molecule has 0 spiro atoms. The number of rotatable bonds is 3. The first kappa shape index (κ1) is 11.3. The third-order valence-corrected chi connectivity index (χ3v) is 2.65. The van der Waals surface area contributed by atoms with Crippen LogP contribution in [-0.2, 0) is 0 Å². The average molecular weight is 201 g/mol. The molecule has 1 heterocycles. The predicted molar refractivity (Wildman–Crippen MR) is 53.6 cm³/mol. The molecule has 2 unspecified atom stereocenters. The van der Waals surface area contributed by atoms with Gasteiger partial charge in [0.05, 0.1) is 0 Å². The molecule has 0 aromatic rings. The molecule has 1 rings (SSSR count).